The molecule has 0 spiro atoms. The van der Waals surface area contributed by atoms with Gasteiger partial charge in [0.25, 0.3) is 11.8 Å². The van der Waals surface area contributed by atoms with Crippen molar-refractivity contribution in [2.75, 3.05) is 0 Å². The Hall–Kier alpha value is -3.67. The van der Waals surface area contributed by atoms with Gasteiger partial charge in [-0.15, -0.1) is 0 Å². The van der Waals surface area contributed by atoms with E-state index >= 15 is 0 Å². The highest BCUT2D eigenvalue weighted by molar-refractivity contribution is 6.05. The number of carbonyl (C=O) groups excluding carboxylic acids is 2. The van der Waals surface area contributed by atoms with Crippen LogP contribution in [0, 0.1) is 0 Å². The number of nitrogens with zero attached hydrogens (tertiary/aromatic N) is 1. The molecule has 0 aliphatic carbocycles. The van der Waals surface area contributed by atoms with Gasteiger partial charge in [0.15, 0.2) is 0 Å². The second-order valence-corrected chi connectivity index (χ2v) is 5.40. The summed E-state index contributed by atoms with van der Waals surface area (Å²) in [6, 6.07) is 17.5. The van der Waals surface area contributed by atoms with Crippen LogP contribution in [0.4, 0.5) is 0 Å². The SMILES string of the molecule is O=C(NCc1ccccn1)C(=Cc1ccco1)NC(=O)c1ccccc1. The Balaban J connectivity index is 1.75. The van der Waals surface area contributed by atoms with Crippen molar-refractivity contribution in [2.24, 2.45) is 0 Å². The molecule has 3 rings (SSSR count). The molecule has 0 unspecified atom stereocenters. The average molecular weight is 347 g/mol. The fraction of sp³-hybridized carbons (Fsp3) is 0.0500. The highest BCUT2D eigenvalue weighted by Crippen LogP contribution is 2.08. The topological polar surface area (TPSA) is 84.2 Å². The lowest BCUT2D eigenvalue weighted by molar-refractivity contribution is -0.117. The summed E-state index contributed by atoms with van der Waals surface area (Å²) in [4.78, 5) is 29.1. The normalized spacial score (nSPS) is 11.0. The Kier molecular flexibility index (Phi) is 5.57. The molecule has 0 saturated carbocycles. The van der Waals surface area contributed by atoms with Gasteiger partial charge in [0.1, 0.15) is 11.5 Å². The van der Waals surface area contributed by atoms with E-state index in [9.17, 15) is 9.59 Å². The van der Waals surface area contributed by atoms with Gasteiger partial charge in [-0.2, -0.15) is 0 Å². The Labute approximate surface area is 150 Å². The maximum absolute atomic E-state index is 12.5. The molecular weight excluding hydrogens is 330 g/mol. The third-order valence-electron chi connectivity index (χ3n) is 3.51. The molecule has 130 valence electrons. The lowest BCUT2D eigenvalue weighted by Gasteiger charge is -2.10. The van der Waals surface area contributed by atoms with Crippen LogP contribution in [-0.4, -0.2) is 16.8 Å². The first-order valence-corrected chi connectivity index (χ1v) is 8.02. The lowest BCUT2D eigenvalue weighted by Crippen LogP contribution is -2.34. The molecule has 2 N–H and O–H groups in total. The zero-order valence-corrected chi connectivity index (χ0v) is 13.9. The minimum atomic E-state index is -0.434. The van der Waals surface area contributed by atoms with Crippen molar-refractivity contribution in [3.05, 3.63) is 95.8 Å². The van der Waals surface area contributed by atoms with E-state index in [4.69, 9.17) is 4.42 Å². The van der Waals surface area contributed by atoms with E-state index in [0.717, 1.165) is 0 Å². The predicted molar refractivity (Wildman–Crippen MR) is 96.7 cm³/mol. The van der Waals surface area contributed by atoms with Crippen molar-refractivity contribution in [1.82, 2.24) is 15.6 Å². The summed E-state index contributed by atoms with van der Waals surface area (Å²) in [7, 11) is 0. The first kappa shape index (κ1) is 17.2. The molecule has 6 nitrogen and oxygen atoms in total. The molecule has 0 bridgehead atoms. The number of carbonyl (C=O) groups is 2. The largest absolute Gasteiger partial charge is 0.465 e. The molecule has 2 heterocycles. The zero-order valence-electron chi connectivity index (χ0n) is 13.9. The molecule has 26 heavy (non-hydrogen) atoms. The van der Waals surface area contributed by atoms with Crippen LogP contribution in [0.3, 0.4) is 0 Å². The summed E-state index contributed by atoms with van der Waals surface area (Å²) in [6.07, 6.45) is 4.63. The number of pyridine rings is 1. The number of aromatic nitrogens is 1. The third kappa shape index (κ3) is 4.67. The summed E-state index contributed by atoms with van der Waals surface area (Å²) >= 11 is 0. The fourth-order valence-corrected chi connectivity index (χ4v) is 2.23. The smallest absolute Gasteiger partial charge is 0.268 e. The van der Waals surface area contributed by atoms with Crippen LogP contribution in [0.2, 0.25) is 0 Å². The summed E-state index contributed by atoms with van der Waals surface area (Å²) in [5.41, 5.74) is 1.26. The van der Waals surface area contributed by atoms with Crippen molar-refractivity contribution in [3.8, 4) is 0 Å². The van der Waals surface area contributed by atoms with Crippen molar-refractivity contribution in [3.63, 3.8) is 0 Å². The van der Waals surface area contributed by atoms with Crippen molar-refractivity contribution in [1.29, 1.82) is 0 Å². The van der Waals surface area contributed by atoms with Crippen LogP contribution < -0.4 is 10.6 Å². The number of rotatable bonds is 6. The van der Waals surface area contributed by atoms with Gasteiger partial charge in [0, 0.05) is 17.8 Å². The maximum Gasteiger partial charge on any atom is 0.268 e. The van der Waals surface area contributed by atoms with E-state index in [-0.39, 0.29) is 18.1 Å². The summed E-state index contributed by atoms with van der Waals surface area (Å²) in [6.45, 7) is 0.246. The number of benzene rings is 1. The third-order valence-corrected chi connectivity index (χ3v) is 3.51. The van der Waals surface area contributed by atoms with E-state index in [2.05, 4.69) is 15.6 Å². The Morgan fingerprint density at radius 1 is 1.00 bits per heavy atom. The summed E-state index contributed by atoms with van der Waals surface area (Å²) in [5.74, 6) is -0.353. The van der Waals surface area contributed by atoms with Gasteiger partial charge < -0.3 is 15.1 Å². The Morgan fingerprint density at radius 2 is 1.81 bits per heavy atom. The monoisotopic (exact) mass is 347 g/mol. The van der Waals surface area contributed by atoms with Gasteiger partial charge in [-0.05, 0) is 36.4 Å². The summed E-state index contributed by atoms with van der Waals surface area (Å²) < 4.78 is 5.24. The molecular formula is C20H17N3O3. The minimum absolute atomic E-state index is 0.0877. The van der Waals surface area contributed by atoms with E-state index in [1.807, 2.05) is 12.1 Å². The average Bonchev–Trinajstić information content (AvgIpc) is 3.20. The molecule has 1 aromatic carbocycles. The van der Waals surface area contributed by atoms with Crippen LogP contribution in [0.5, 0.6) is 0 Å². The number of nitrogens with one attached hydrogen (secondary N) is 2. The van der Waals surface area contributed by atoms with Crippen LogP contribution in [0.1, 0.15) is 21.8 Å². The zero-order chi connectivity index (χ0) is 18.2. The highest BCUT2D eigenvalue weighted by atomic mass is 16.3. The highest BCUT2D eigenvalue weighted by Gasteiger charge is 2.15. The number of hydrogen-bond donors (Lipinski definition) is 2. The first-order chi connectivity index (χ1) is 12.7. The van der Waals surface area contributed by atoms with Crippen LogP contribution in [-0.2, 0) is 11.3 Å². The van der Waals surface area contributed by atoms with Gasteiger partial charge in [-0.3, -0.25) is 14.6 Å². The van der Waals surface area contributed by atoms with Crippen LogP contribution in [0.25, 0.3) is 6.08 Å². The van der Waals surface area contributed by atoms with E-state index < -0.39 is 5.91 Å². The molecule has 0 saturated heterocycles. The second kappa shape index (κ2) is 8.43. The number of hydrogen-bond acceptors (Lipinski definition) is 4. The second-order valence-electron chi connectivity index (χ2n) is 5.40. The molecule has 3 aromatic rings. The molecule has 0 aliphatic rings. The van der Waals surface area contributed by atoms with E-state index in [0.29, 0.717) is 17.0 Å². The Bertz CT molecular complexity index is 889. The summed E-state index contributed by atoms with van der Waals surface area (Å²) in [5, 5.41) is 5.38. The molecule has 6 heteroatoms. The first-order valence-electron chi connectivity index (χ1n) is 8.02. The van der Waals surface area contributed by atoms with Crippen molar-refractivity contribution in [2.45, 2.75) is 6.54 Å². The lowest BCUT2D eigenvalue weighted by atomic mass is 10.2. The number of amides is 2. The van der Waals surface area contributed by atoms with Gasteiger partial charge >= 0.3 is 0 Å². The van der Waals surface area contributed by atoms with Gasteiger partial charge in [-0.25, -0.2) is 0 Å². The van der Waals surface area contributed by atoms with Crippen LogP contribution in [0.15, 0.2) is 83.2 Å². The van der Waals surface area contributed by atoms with Crippen LogP contribution >= 0.6 is 0 Å². The standard InChI is InChI=1S/C20H17N3O3/c24-19(15-7-2-1-3-8-15)23-18(13-17-10-6-12-26-17)20(25)22-14-16-9-4-5-11-21-16/h1-13H,14H2,(H,22,25)(H,23,24). The molecule has 2 aromatic heterocycles. The van der Waals surface area contributed by atoms with Crippen molar-refractivity contribution >= 4 is 17.9 Å². The molecule has 0 atom stereocenters. The van der Waals surface area contributed by atoms with E-state index in [1.165, 1.54) is 12.3 Å². The maximum atomic E-state index is 12.5. The molecule has 0 radical (unpaired) electrons. The molecule has 2 amide bonds. The minimum Gasteiger partial charge on any atom is -0.465 e. The predicted octanol–water partition coefficient (Wildman–Crippen LogP) is 2.76. The van der Waals surface area contributed by atoms with Crippen molar-refractivity contribution < 1.29 is 14.0 Å². The quantitative estimate of drug-likeness (QED) is 0.672. The van der Waals surface area contributed by atoms with Gasteiger partial charge in [0.05, 0.1) is 18.5 Å². The number of furan rings is 1. The molecule has 0 fully saturated rings. The van der Waals surface area contributed by atoms with Gasteiger partial charge in [-0.1, -0.05) is 24.3 Å². The fourth-order valence-electron chi connectivity index (χ4n) is 2.23. The Morgan fingerprint density at radius 3 is 2.50 bits per heavy atom. The molecule has 0 aliphatic heterocycles. The van der Waals surface area contributed by atoms with E-state index in [1.54, 1.807) is 54.7 Å². The van der Waals surface area contributed by atoms with Gasteiger partial charge in [0.2, 0.25) is 0 Å².